The Hall–Kier alpha value is -1.31. The van der Waals surface area contributed by atoms with Crippen LogP contribution in [0, 0.1) is 5.92 Å². The zero-order chi connectivity index (χ0) is 15.5. The van der Waals surface area contributed by atoms with Crippen LogP contribution < -0.4 is 4.74 Å². The fraction of sp³-hybridized carbons (Fsp3) is 0.462. The number of benzene rings is 1. The lowest BCUT2D eigenvalue weighted by atomic mass is 10.1. The zero-order valence-corrected chi connectivity index (χ0v) is 12.9. The molecule has 0 amide bonds. The molecule has 0 radical (unpaired) electrons. The van der Waals surface area contributed by atoms with Crippen LogP contribution in [0.25, 0.3) is 0 Å². The molecule has 21 heavy (non-hydrogen) atoms. The van der Waals surface area contributed by atoms with Crippen molar-refractivity contribution in [1.29, 1.82) is 0 Å². The second-order valence-electron chi connectivity index (χ2n) is 4.63. The fourth-order valence-electron chi connectivity index (χ4n) is 1.98. The van der Waals surface area contributed by atoms with E-state index >= 15 is 0 Å². The fourth-order valence-corrected chi connectivity index (χ4v) is 2.76. The Labute approximate surface area is 127 Å². The number of rotatable bonds is 5. The van der Waals surface area contributed by atoms with Gasteiger partial charge in [-0.3, -0.25) is 0 Å². The van der Waals surface area contributed by atoms with Gasteiger partial charge in [-0.15, -0.1) is 0 Å². The number of carbonyl (C=O) groups excluding carboxylic acids is 1. The van der Waals surface area contributed by atoms with E-state index in [9.17, 15) is 13.2 Å². The van der Waals surface area contributed by atoms with E-state index in [2.05, 4.69) is 0 Å². The van der Waals surface area contributed by atoms with E-state index in [4.69, 9.17) is 24.9 Å². The van der Waals surface area contributed by atoms with Gasteiger partial charge in [0, 0.05) is 23.2 Å². The average molecular weight is 335 g/mol. The van der Waals surface area contributed by atoms with Gasteiger partial charge in [-0.25, -0.2) is 13.2 Å². The van der Waals surface area contributed by atoms with Crippen molar-refractivity contribution in [3.63, 3.8) is 0 Å². The minimum atomic E-state index is -3.93. The number of methoxy groups -OCH3 is 1. The molecule has 1 aliphatic rings. The van der Waals surface area contributed by atoms with Crippen molar-refractivity contribution >= 4 is 25.7 Å². The van der Waals surface area contributed by atoms with E-state index in [1.165, 1.54) is 19.2 Å². The molecule has 1 unspecified atom stereocenters. The third kappa shape index (κ3) is 4.09. The van der Waals surface area contributed by atoms with Crippen molar-refractivity contribution in [2.45, 2.75) is 11.3 Å². The van der Waals surface area contributed by atoms with Crippen LogP contribution in [0.3, 0.4) is 0 Å². The SMILES string of the molecule is COc1ccc(S(=O)(=O)Cl)cc1C(=O)OCC1CCOC1. The Kier molecular flexibility index (Phi) is 5.08. The molecule has 6 nitrogen and oxygen atoms in total. The standard InChI is InChI=1S/C13H15ClO6S/c1-18-12-3-2-10(21(14,16)17)6-11(12)13(15)20-8-9-4-5-19-7-9/h2-3,6,9H,4-5,7-8H2,1H3. The van der Waals surface area contributed by atoms with Gasteiger partial charge < -0.3 is 14.2 Å². The van der Waals surface area contributed by atoms with Crippen molar-refractivity contribution < 1.29 is 27.4 Å². The van der Waals surface area contributed by atoms with Crippen LogP contribution in [0.4, 0.5) is 0 Å². The lowest BCUT2D eigenvalue weighted by molar-refractivity contribution is 0.0424. The van der Waals surface area contributed by atoms with Gasteiger partial charge in [0.05, 0.1) is 25.2 Å². The predicted molar refractivity (Wildman–Crippen MR) is 75.2 cm³/mol. The number of halogens is 1. The maximum atomic E-state index is 12.1. The molecule has 2 rings (SSSR count). The lowest BCUT2D eigenvalue weighted by Gasteiger charge is -2.12. The van der Waals surface area contributed by atoms with Crippen LogP contribution in [0.2, 0.25) is 0 Å². The average Bonchev–Trinajstić information content (AvgIpc) is 2.96. The second kappa shape index (κ2) is 6.64. The first-order valence-corrected chi connectivity index (χ1v) is 8.60. The van der Waals surface area contributed by atoms with Gasteiger partial charge in [0.2, 0.25) is 0 Å². The summed E-state index contributed by atoms with van der Waals surface area (Å²) in [5, 5.41) is 0. The summed E-state index contributed by atoms with van der Waals surface area (Å²) in [5.41, 5.74) is 0.0261. The summed E-state index contributed by atoms with van der Waals surface area (Å²) in [6, 6.07) is 3.78. The van der Waals surface area contributed by atoms with E-state index in [1.807, 2.05) is 0 Å². The molecule has 0 N–H and O–H groups in total. The monoisotopic (exact) mass is 334 g/mol. The Bertz CT molecular complexity index is 622. The molecule has 1 aliphatic heterocycles. The molecule has 1 aromatic rings. The molecular weight excluding hydrogens is 320 g/mol. The van der Waals surface area contributed by atoms with Crippen molar-refractivity contribution in [3.8, 4) is 5.75 Å². The van der Waals surface area contributed by atoms with Crippen LogP contribution in [0.15, 0.2) is 23.1 Å². The van der Waals surface area contributed by atoms with Crippen molar-refractivity contribution in [2.75, 3.05) is 26.9 Å². The molecule has 1 atom stereocenters. The summed E-state index contributed by atoms with van der Waals surface area (Å²) in [6.45, 7) is 1.44. The Morgan fingerprint density at radius 2 is 2.24 bits per heavy atom. The van der Waals surface area contributed by atoms with E-state index in [-0.39, 0.29) is 28.7 Å². The largest absolute Gasteiger partial charge is 0.496 e. The van der Waals surface area contributed by atoms with Gasteiger partial charge in [0.15, 0.2) is 0 Å². The minimum Gasteiger partial charge on any atom is -0.496 e. The maximum absolute atomic E-state index is 12.1. The summed E-state index contributed by atoms with van der Waals surface area (Å²) >= 11 is 0. The lowest BCUT2D eigenvalue weighted by Crippen LogP contribution is -2.15. The molecule has 1 heterocycles. The summed E-state index contributed by atoms with van der Waals surface area (Å²) in [6.07, 6.45) is 0.834. The first kappa shape index (κ1) is 16.1. The normalized spacial score (nSPS) is 18.5. The first-order valence-electron chi connectivity index (χ1n) is 6.29. The van der Waals surface area contributed by atoms with E-state index in [0.717, 1.165) is 12.5 Å². The molecule has 0 aliphatic carbocycles. The number of carbonyl (C=O) groups is 1. The van der Waals surface area contributed by atoms with Crippen LogP contribution >= 0.6 is 10.7 Å². The minimum absolute atomic E-state index is 0.0261. The third-order valence-corrected chi connectivity index (χ3v) is 4.50. The van der Waals surface area contributed by atoms with Crippen molar-refractivity contribution in [1.82, 2.24) is 0 Å². The van der Waals surface area contributed by atoms with E-state index in [0.29, 0.717) is 13.2 Å². The number of esters is 1. The number of hydrogen-bond acceptors (Lipinski definition) is 6. The summed E-state index contributed by atoms with van der Waals surface area (Å²) in [5.74, 6) is -0.257. The summed E-state index contributed by atoms with van der Waals surface area (Å²) in [7, 11) is 2.73. The van der Waals surface area contributed by atoms with Gasteiger partial charge in [0.25, 0.3) is 9.05 Å². The molecule has 0 saturated carbocycles. The second-order valence-corrected chi connectivity index (χ2v) is 7.19. The molecule has 1 fully saturated rings. The summed E-state index contributed by atoms with van der Waals surface area (Å²) < 4.78 is 38.1. The Balaban J connectivity index is 2.17. The molecule has 0 aromatic heterocycles. The topological polar surface area (TPSA) is 78.9 Å². The van der Waals surface area contributed by atoms with Gasteiger partial charge in [-0.1, -0.05) is 0 Å². The highest BCUT2D eigenvalue weighted by molar-refractivity contribution is 8.13. The predicted octanol–water partition coefficient (Wildman–Crippen LogP) is 1.82. The molecular formula is C13H15ClO6S. The Morgan fingerprint density at radius 1 is 1.48 bits per heavy atom. The van der Waals surface area contributed by atoms with Gasteiger partial charge in [-0.05, 0) is 24.6 Å². The number of ether oxygens (including phenoxy) is 3. The highest BCUT2D eigenvalue weighted by Crippen LogP contribution is 2.25. The summed E-state index contributed by atoms with van der Waals surface area (Å²) in [4.78, 5) is 11.9. The van der Waals surface area contributed by atoms with Crippen LogP contribution in [0.5, 0.6) is 5.75 Å². The molecule has 1 saturated heterocycles. The van der Waals surface area contributed by atoms with E-state index in [1.54, 1.807) is 0 Å². The first-order chi connectivity index (χ1) is 9.91. The van der Waals surface area contributed by atoms with Crippen LogP contribution in [0.1, 0.15) is 16.8 Å². The van der Waals surface area contributed by atoms with Crippen molar-refractivity contribution in [3.05, 3.63) is 23.8 Å². The Morgan fingerprint density at radius 3 is 2.81 bits per heavy atom. The molecule has 0 spiro atoms. The van der Waals surface area contributed by atoms with Gasteiger partial charge in [0.1, 0.15) is 11.3 Å². The van der Waals surface area contributed by atoms with Crippen LogP contribution in [-0.4, -0.2) is 41.3 Å². The highest BCUT2D eigenvalue weighted by Gasteiger charge is 2.22. The smallest absolute Gasteiger partial charge is 0.341 e. The molecule has 1 aromatic carbocycles. The van der Waals surface area contributed by atoms with Crippen LogP contribution in [-0.2, 0) is 18.5 Å². The maximum Gasteiger partial charge on any atom is 0.341 e. The van der Waals surface area contributed by atoms with Gasteiger partial charge in [-0.2, -0.15) is 0 Å². The quantitative estimate of drug-likeness (QED) is 0.603. The van der Waals surface area contributed by atoms with Gasteiger partial charge >= 0.3 is 5.97 Å². The number of hydrogen-bond donors (Lipinski definition) is 0. The van der Waals surface area contributed by atoms with Crippen molar-refractivity contribution in [2.24, 2.45) is 5.92 Å². The zero-order valence-electron chi connectivity index (χ0n) is 11.4. The molecule has 8 heteroatoms. The molecule has 0 bridgehead atoms. The third-order valence-electron chi connectivity index (χ3n) is 3.15. The van der Waals surface area contributed by atoms with E-state index < -0.39 is 15.0 Å². The molecule has 116 valence electrons. The highest BCUT2D eigenvalue weighted by atomic mass is 35.7.